The molecular weight excluding hydrogens is 290 g/mol. The molecule has 0 saturated carbocycles. The number of halogens is 1. The highest BCUT2D eigenvalue weighted by Crippen LogP contribution is 2.17. The Balaban J connectivity index is 1.87. The number of aromatic nitrogens is 2. The Morgan fingerprint density at radius 3 is 2.67 bits per heavy atom. The van der Waals surface area contributed by atoms with Gasteiger partial charge in [0.1, 0.15) is 5.75 Å². The summed E-state index contributed by atoms with van der Waals surface area (Å²) >= 11 is 5.79. The van der Waals surface area contributed by atoms with Crippen LogP contribution in [0.3, 0.4) is 0 Å². The van der Waals surface area contributed by atoms with Crippen LogP contribution >= 0.6 is 11.6 Å². The minimum Gasteiger partial charge on any atom is -0.484 e. The molecule has 1 atom stereocenters. The van der Waals surface area contributed by atoms with Gasteiger partial charge in [-0.3, -0.25) is 9.48 Å². The van der Waals surface area contributed by atoms with Gasteiger partial charge in [0.05, 0.1) is 12.2 Å². The maximum absolute atomic E-state index is 11.9. The van der Waals surface area contributed by atoms with Crippen LogP contribution in [0.15, 0.2) is 30.5 Å². The average molecular weight is 308 g/mol. The summed E-state index contributed by atoms with van der Waals surface area (Å²) in [4.78, 5) is 11.9. The standard InChI is InChI=1S/C15H18ClN3O2/c1-10(14-8-17-19(3)11(14)2)18-15(20)9-21-13-6-4-12(16)5-7-13/h4-8,10H,9H2,1-3H3,(H,18,20). The van der Waals surface area contributed by atoms with Gasteiger partial charge < -0.3 is 10.1 Å². The maximum atomic E-state index is 11.9. The fourth-order valence-corrected chi connectivity index (χ4v) is 2.11. The Hall–Kier alpha value is -2.01. The number of benzene rings is 1. The van der Waals surface area contributed by atoms with E-state index in [0.29, 0.717) is 10.8 Å². The lowest BCUT2D eigenvalue weighted by atomic mass is 10.1. The van der Waals surface area contributed by atoms with Crippen molar-refractivity contribution in [1.82, 2.24) is 15.1 Å². The summed E-state index contributed by atoms with van der Waals surface area (Å²) in [5, 5.41) is 7.69. The zero-order valence-corrected chi connectivity index (χ0v) is 13.0. The van der Waals surface area contributed by atoms with Crippen LogP contribution in [0.2, 0.25) is 5.02 Å². The number of carbonyl (C=O) groups excluding carboxylic acids is 1. The summed E-state index contributed by atoms with van der Waals surface area (Å²) in [6.45, 7) is 3.85. The van der Waals surface area contributed by atoms with Crippen molar-refractivity contribution in [3.63, 3.8) is 0 Å². The molecule has 0 aliphatic heterocycles. The van der Waals surface area contributed by atoms with Crippen molar-refractivity contribution >= 4 is 17.5 Å². The number of nitrogens with zero attached hydrogens (tertiary/aromatic N) is 2. The minimum atomic E-state index is -0.180. The summed E-state index contributed by atoms with van der Waals surface area (Å²) in [7, 11) is 1.87. The molecule has 2 aromatic rings. The summed E-state index contributed by atoms with van der Waals surface area (Å²) in [5.41, 5.74) is 2.03. The molecule has 1 aromatic carbocycles. The van der Waals surface area contributed by atoms with E-state index in [4.69, 9.17) is 16.3 Å². The topological polar surface area (TPSA) is 56.1 Å². The van der Waals surface area contributed by atoms with Crippen molar-refractivity contribution in [3.05, 3.63) is 46.7 Å². The van der Waals surface area contributed by atoms with Crippen LogP contribution in [-0.2, 0) is 11.8 Å². The first kappa shape index (κ1) is 15.4. The SMILES string of the molecule is Cc1c(C(C)NC(=O)COc2ccc(Cl)cc2)cnn1C. The lowest BCUT2D eigenvalue weighted by Gasteiger charge is -2.14. The van der Waals surface area contributed by atoms with Crippen molar-refractivity contribution < 1.29 is 9.53 Å². The van der Waals surface area contributed by atoms with E-state index in [1.807, 2.05) is 20.9 Å². The zero-order valence-electron chi connectivity index (χ0n) is 12.3. The van der Waals surface area contributed by atoms with E-state index in [9.17, 15) is 4.79 Å². The first-order chi connectivity index (χ1) is 9.97. The van der Waals surface area contributed by atoms with Gasteiger partial charge in [0.15, 0.2) is 6.61 Å². The van der Waals surface area contributed by atoms with Gasteiger partial charge in [0, 0.05) is 23.3 Å². The van der Waals surface area contributed by atoms with Gasteiger partial charge in [-0.05, 0) is 38.1 Å². The van der Waals surface area contributed by atoms with Gasteiger partial charge in [0.25, 0.3) is 5.91 Å². The van der Waals surface area contributed by atoms with E-state index in [1.54, 1.807) is 35.1 Å². The van der Waals surface area contributed by atoms with E-state index >= 15 is 0 Å². The predicted octanol–water partition coefficient (Wildman–Crippen LogP) is 2.64. The second kappa shape index (κ2) is 6.63. The number of amides is 1. The van der Waals surface area contributed by atoms with Crippen LogP contribution in [0, 0.1) is 6.92 Å². The molecular formula is C15H18ClN3O2. The lowest BCUT2D eigenvalue weighted by Crippen LogP contribution is -2.31. The number of aryl methyl sites for hydroxylation is 1. The van der Waals surface area contributed by atoms with Crippen LogP contribution in [-0.4, -0.2) is 22.3 Å². The second-order valence-corrected chi connectivity index (χ2v) is 5.28. The van der Waals surface area contributed by atoms with E-state index in [-0.39, 0.29) is 18.6 Å². The normalized spacial score (nSPS) is 12.0. The predicted molar refractivity (Wildman–Crippen MR) is 81.4 cm³/mol. The minimum absolute atomic E-state index is 0.0364. The highest BCUT2D eigenvalue weighted by Gasteiger charge is 2.14. The zero-order chi connectivity index (χ0) is 15.4. The number of hydrogen-bond acceptors (Lipinski definition) is 3. The maximum Gasteiger partial charge on any atom is 0.258 e. The largest absolute Gasteiger partial charge is 0.484 e. The number of ether oxygens (including phenoxy) is 1. The quantitative estimate of drug-likeness (QED) is 0.924. The Labute approximate surface area is 128 Å². The highest BCUT2D eigenvalue weighted by atomic mass is 35.5. The third-order valence-corrected chi connectivity index (χ3v) is 3.55. The van der Waals surface area contributed by atoms with Gasteiger partial charge in [-0.2, -0.15) is 5.10 Å². The van der Waals surface area contributed by atoms with Crippen molar-refractivity contribution in [2.45, 2.75) is 19.9 Å². The van der Waals surface area contributed by atoms with E-state index in [2.05, 4.69) is 10.4 Å². The van der Waals surface area contributed by atoms with Crippen LogP contribution in [0.25, 0.3) is 0 Å². The Morgan fingerprint density at radius 2 is 2.10 bits per heavy atom. The molecule has 2 rings (SSSR count). The number of carbonyl (C=O) groups is 1. The molecule has 0 saturated heterocycles. The highest BCUT2D eigenvalue weighted by molar-refractivity contribution is 6.30. The molecule has 1 heterocycles. The van der Waals surface area contributed by atoms with E-state index in [1.165, 1.54) is 0 Å². The van der Waals surface area contributed by atoms with Crippen LogP contribution in [0.4, 0.5) is 0 Å². The van der Waals surface area contributed by atoms with Crippen LogP contribution in [0.1, 0.15) is 24.2 Å². The summed E-state index contributed by atoms with van der Waals surface area (Å²) in [6, 6.07) is 6.78. The molecule has 0 fully saturated rings. The molecule has 0 bridgehead atoms. The van der Waals surface area contributed by atoms with Gasteiger partial charge in [-0.25, -0.2) is 0 Å². The fourth-order valence-electron chi connectivity index (χ4n) is 1.98. The third kappa shape index (κ3) is 3.98. The summed E-state index contributed by atoms with van der Waals surface area (Å²) < 4.78 is 7.18. The average Bonchev–Trinajstić information content (AvgIpc) is 2.78. The number of nitrogens with one attached hydrogen (secondary N) is 1. The molecule has 0 radical (unpaired) electrons. The number of hydrogen-bond donors (Lipinski definition) is 1. The Morgan fingerprint density at radius 1 is 1.43 bits per heavy atom. The molecule has 1 N–H and O–H groups in total. The van der Waals surface area contributed by atoms with Crippen LogP contribution in [0.5, 0.6) is 5.75 Å². The van der Waals surface area contributed by atoms with E-state index in [0.717, 1.165) is 11.3 Å². The molecule has 5 nitrogen and oxygen atoms in total. The first-order valence-electron chi connectivity index (χ1n) is 6.63. The van der Waals surface area contributed by atoms with Crippen molar-refractivity contribution in [1.29, 1.82) is 0 Å². The Kier molecular flexibility index (Phi) is 4.85. The molecule has 1 amide bonds. The fraction of sp³-hybridized carbons (Fsp3) is 0.333. The molecule has 21 heavy (non-hydrogen) atoms. The molecule has 112 valence electrons. The molecule has 1 unspecified atom stereocenters. The van der Waals surface area contributed by atoms with Gasteiger partial charge in [-0.15, -0.1) is 0 Å². The third-order valence-electron chi connectivity index (χ3n) is 3.30. The smallest absolute Gasteiger partial charge is 0.258 e. The van der Waals surface area contributed by atoms with Crippen molar-refractivity contribution in [2.75, 3.05) is 6.61 Å². The van der Waals surface area contributed by atoms with E-state index < -0.39 is 0 Å². The molecule has 6 heteroatoms. The molecule has 0 spiro atoms. The molecule has 0 aliphatic carbocycles. The molecule has 0 aliphatic rings. The first-order valence-corrected chi connectivity index (χ1v) is 7.01. The van der Waals surface area contributed by atoms with Gasteiger partial charge >= 0.3 is 0 Å². The van der Waals surface area contributed by atoms with Gasteiger partial charge in [-0.1, -0.05) is 11.6 Å². The lowest BCUT2D eigenvalue weighted by molar-refractivity contribution is -0.123. The van der Waals surface area contributed by atoms with Gasteiger partial charge in [0.2, 0.25) is 0 Å². The van der Waals surface area contributed by atoms with Crippen molar-refractivity contribution in [3.8, 4) is 5.75 Å². The second-order valence-electron chi connectivity index (χ2n) is 4.84. The molecule has 1 aromatic heterocycles. The summed E-state index contributed by atoms with van der Waals surface area (Å²) in [5.74, 6) is 0.431. The monoisotopic (exact) mass is 307 g/mol. The van der Waals surface area contributed by atoms with Crippen molar-refractivity contribution in [2.24, 2.45) is 7.05 Å². The Bertz CT molecular complexity index is 622. The summed E-state index contributed by atoms with van der Waals surface area (Å²) in [6.07, 6.45) is 1.76. The van der Waals surface area contributed by atoms with Crippen LogP contribution < -0.4 is 10.1 Å². The number of rotatable bonds is 5.